The average molecular weight is 303 g/mol. The smallest absolute Gasteiger partial charge is 0.152 e. The van der Waals surface area contributed by atoms with E-state index in [1.807, 2.05) is 0 Å². The minimum atomic E-state index is 0.337. The van der Waals surface area contributed by atoms with Crippen molar-refractivity contribution in [3.63, 3.8) is 0 Å². The molecule has 1 atom stereocenters. The maximum absolute atomic E-state index is 11.8. The summed E-state index contributed by atoms with van der Waals surface area (Å²) >= 11 is 0. The van der Waals surface area contributed by atoms with Crippen LogP contribution in [0, 0.1) is 0 Å². The molecule has 116 valence electrons. The monoisotopic (exact) mass is 303 g/mol. The summed E-state index contributed by atoms with van der Waals surface area (Å²) in [6, 6.07) is 17.4. The molecule has 0 radical (unpaired) electrons. The van der Waals surface area contributed by atoms with E-state index in [2.05, 4.69) is 60.0 Å². The number of rotatable bonds is 4. The van der Waals surface area contributed by atoms with Crippen LogP contribution in [0.3, 0.4) is 0 Å². The van der Waals surface area contributed by atoms with E-state index in [0.29, 0.717) is 6.04 Å². The van der Waals surface area contributed by atoms with Crippen LogP contribution in [-0.4, -0.2) is 10.9 Å². The number of aromatic nitrogens is 1. The topological polar surface area (TPSA) is 22.0 Å². The van der Waals surface area contributed by atoms with Gasteiger partial charge >= 0.3 is 0 Å². The van der Waals surface area contributed by atoms with Crippen LogP contribution in [-0.2, 0) is 12.8 Å². The summed E-state index contributed by atoms with van der Waals surface area (Å²) in [5.41, 5.74) is 6.09. The Morgan fingerprint density at radius 1 is 1.13 bits per heavy atom. The molecule has 0 saturated heterocycles. The molecule has 0 saturated carbocycles. The highest BCUT2D eigenvalue weighted by molar-refractivity contribution is 6.01. The van der Waals surface area contributed by atoms with E-state index in [-0.39, 0.29) is 0 Å². The molecule has 0 bridgehead atoms. The van der Waals surface area contributed by atoms with Crippen LogP contribution in [0.2, 0.25) is 0 Å². The number of hydrogen-bond acceptors (Lipinski definition) is 1. The molecule has 0 aliphatic carbocycles. The Labute approximate surface area is 136 Å². The van der Waals surface area contributed by atoms with Gasteiger partial charge in [0.2, 0.25) is 0 Å². The van der Waals surface area contributed by atoms with Crippen molar-refractivity contribution in [3.05, 3.63) is 70.9 Å². The summed E-state index contributed by atoms with van der Waals surface area (Å²) in [4.78, 5) is 11.8. The largest absolute Gasteiger partial charge is 0.336 e. The van der Waals surface area contributed by atoms with E-state index in [1.165, 1.54) is 22.3 Å². The summed E-state index contributed by atoms with van der Waals surface area (Å²) in [7, 11) is 0. The van der Waals surface area contributed by atoms with Crippen molar-refractivity contribution in [2.45, 2.75) is 38.6 Å². The van der Waals surface area contributed by atoms with Crippen molar-refractivity contribution >= 4 is 17.2 Å². The first kappa shape index (κ1) is 14.3. The number of carbonyl (C=O) groups is 1. The third kappa shape index (κ3) is 2.13. The lowest BCUT2D eigenvalue weighted by atomic mass is 9.94. The van der Waals surface area contributed by atoms with Crippen molar-refractivity contribution in [2.75, 3.05) is 0 Å². The molecule has 0 amide bonds. The zero-order valence-electron chi connectivity index (χ0n) is 13.5. The predicted molar refractivity (Wildman–Crippen MR) is 94.2 cm³/mol. The minimum absolute atomic E-state index is 0.337. The molecule has 0 N–H and O–H groups in total. The number of benzene rings is 2. The SMILES string of the molecule is CCCc1c(C=O)c2cccc3c2n1C(c1ccccc1)CC3. The Hall–Kier alpha value is -2.35. The molecule has 3 aromatic rings. The zero-order chi connectivity index (χ0) is 15.8. The normalized spacial score (nSPS) is 16.7. The number of aryl methyl sites for hydroxylation is 1. The van der Waals surface area contributed by atoms with Gasteiger partial charge in [-0.2, -0.15) is 0 Å². The number of hydrogen-bond donors (Lipinski definition) is 0. The zero-order valence-corrected chi connectivity index (χ0v) is 13.5. The standard InChI is InChI=1S/C21H21NO/c1-2-7-20-18(14-23)17-11-6-10-16-12-13-19(22(20)21(16)17)15-8-4-3-5-9-15/h3-6,8-11,14,19H,2,7,12-13H2,1H3. The van der Waals surface area contributed by atoms with Gasteiger partial charge in [-0.3, -0.25) is 4.79 Å². The molecule has 1 unspecified atom stereocenters. The average Bonchev–Trinajstić information content (AvgIpc) is 2.92. The summed E-state index contributed by atoms with van der Waals surface area (Å²) in [5, 5.41) is 1.13. The van der Waals surface area contributed by atoms with Crippen LogP contribution < -0.4 is 0 Å². The van der Waals surface area contributed by atoms with E-state index < -0.39 is 0 Å². The van der Waals surface area contributed by atoms with Crippen LogP contribution in [0.5, 0.6) is 0 Å². The number of nitrogens with zero attached hydrogens (tertiary/aromatic N) is 1. The summed E-state index contributed by atoms with van der Waals surface area (Å²) in [6.07, 6.45) is 5.23. The van der Waals surface area contributed by atoms with Crippen LogP contribution in [0.15, 0.2) is 48.5 Å². The van der Waals surface area contributed by atoms with E-state index in [9.17, 15) is 4.79 Å². The second-order valence-corrected chi connectivity index (χ2v) is 6.38. The minimum Gasteiger partial charge on any atom is -0.336 e. The molecule has 4 rings (SSSR count). The van der Waals surface area contributed by atoms with Crippen LogP contribution in [0.25, 0.3) is 10.9 Å². The summed E-state index contributed by atoms with van der Waals surface area (Å²) < 4.78 is 2.46. The van der Waals surface area contributed by atoms with Gasteiger partial charge in [0.05, 0.1) is 11.6 Å². The molecule has 1 aliphatic rings. The second-order valence-electron chi connectivity index (χ2n) is 6.38. The molecule has 0 spiro atoms. The van der Waals surface area contributed by atoms with Crippen LogP contribution in [0.1, 0.15) is 53.0 Å². The molecule has 23 heavy (non-hydrogen) atoms. The van der Waals surface area contributed by atoms with Crippen molar-refractivity contribution in [1.82, 2.24) is 4.57 Å². The fourth-order valence-electron chi connectivity index (χ4n) is 4.09. The van der Waals surface area contributed by atoms with Crippen molar-refractivity contribution in [1.29, 1.82) is 0 Å². The van der Waals surface area contributed by atoms with E-state index >= 15 is 0 Å². The number of para-hydroxylation sites is 1. The van der Waals surface area contributed by atoms with Gasteiger partial charge in [-0.25, -0.2) is 0 Å². The molecule has 1 aromatic heterocycles. The third-order valence-electron chi connectivity index (χ3n) is 5.04. The first-order chi connectivity index (χ1) is 11.3. The maximum Gasteiger partial charge on any atom is 0.152 e. The lowest BCUT2D eigenvalue weighted by molar-refractivity contribution is 0.112. The first-order valence-corrected chi connectivity index (χ1v) is 8.50. The predicted octanol–water partition coefficient (Wildman–Crippen LogP) is 4.94. The highest BCUT2D eigenvalue weighted by atomic mass is 16.1. The summed E-state index contributed by atoms with van der Waals surface area (Å²) in [5.74, 6) is 0. The van der Waals surface area contributed by atoms with E-state index in [4.69, 9.17) is 0 Å². The Bertz CT molecular complexity index is 860. The first-order valence-electron chi connectivity index (χ1n) is 8.50. The highest BCUT2D eigenvalue weighted by Gasteiger charge is 2.28. The van der Waals surface area contributed by atoms with Crippen molar-refractivity contribution in [2.24, 2.45) is 0 Å². The van der Waals surface area contributed by atoms with Gasteiger partial charge in [-0.1, -0.05) is 61.9 Å². The quantitative estimate of drug-likeness (QED) is 0.626. The maximum atomic E-state index is 11.8. The summed E-state index contributed by atoms with van der Waals surface area (Å²) in [6.45, 7) is 2.18. The van der Waals surface area contributed by atoms with Gasteiger partial charge < -0.3 is 4.57 Å². The van der Waals surface area contributed by atoms with Gasteiger partial charge in [0.15, 0.2) is 6.29 Å². The lowest BCUT2D eigenvalue weighted by Crippen LogP contribution is -2.19. The third-order valence-corrected chi connectivity index (χ3v) is 5.04. The molecular weight excluding hydrogens is 282 g/mol. The highest BCUT2D eigenvalue weighted by Crippen LogP contribution is 2.40. The Morgan fingerprint density at radius 2 is 1.96 bits per heavy atom. The fourth-order valence-corrected chi connectivity index (χ4v) is 4.09. The molecule has 2 heteroatoms. The number of aldehydes is 1. The van der Waals surface area contributed by atoms with E-state index in [0.717, 1.165) is 42.9 Å². The Kier molecular flexibility index (Phi) is 3.53. The Morgan fingerprint density at radius 3 is 2.70 bits per heavy atom. The van der Waals surface area contributed by atoms with Crippen molar-refractivity contribution < 1.29 is 4.79 Å². The molecular formula is C21H21NO. The van der Waals surface area contributed by atoms with Gasteiger partial charge in [0.1, 0.15) is 0 Å². The van der Waals surface area contributed by atoms with Gasteiger partial charge in [0.25, 0.3) is 0 Å². The van der Waals surface area contributed by atoms with Crippen LogP contribution >= 0.6 is 0 Å². The molecule has 2 heterocycles. The fraction of sp³-hybridized carbons (Fsp3) is 0.286. The molecule has 2 aromatic carbocycles. The van der Waals surface area contributed by atoms with Crippen molar-refractivity contribution in [3.8, 4) is 0 Å². The molecule has 0 fully saturated rings. The van der Waals surface area contributed by atoms with E-state index in [1.54, 1.807) is 0 Å². The second kappa shape index (κ2) is 5.69. The lowest BCUT2D eigenvalue weighted by Gasteiger charge is -2.28. The van der Waals surface area contributed by atoms with Gasteiger partial charge in [0, 0.05) is 16.6 Å². The molecule has 1 aliphatic heterocycles. The molecule has 2 nitrogen and oxygen atoms in total. The van der Waals surface area contributed by atoms with Gasteiger partial charge in [-0.05, 0) is 30.4 Å². The van der Waals surface area contributed by atoms with Crippen LogP contribution in [0.4, 0.5) is 0 Å². The van der Waals surface area contributed by atoms with Gasteiger partial charge in [-0.15, -0.1) is 0 Å². The number of carbonyl (C=O) groups excluding carboxylic acids is 1. The Balaban J connectivity index is 2.04.